The van der Waals surface area contributed by atoms with Crippen molar-refractivity contribution in [2.24, 2.45) is 0 Å². The molecule has 0 aliphatic carbocycles. The van der Waals surface area contributed by atoms with E-state index in [1.807, 2.05) is 34.6 Å². The largest absolute Gasteiger partial charge is 1.00 e. The first kappa shape index (κ1) is 19.4. The van der Waals surface area contributed by atoms with Crippen molar-refractivity contribution < 1.29 is 31.4 Å². The first-order valence-electron chi connectivity index (χ1n) is 5.06. The van der Waals surface area contributed by atoms with Crippen molar-refractivity contribution in [2.75, 3.05) is 0 Å². The molecule has 0 aromatic carbocycles. The molecule has 0 radical (unpaired) electrons. The first-order chi connectivity index (χ1) is 6.79. The lowest BCUT2D eigenvalue weighted by molar-refractivity contribution is -0.110. The molecule has 0 unspecified atom stereocenters. The Kier molecular flexibility index (Phi) is 11.0. The van der Waals surface area contributed by atoms with Crippen LogP contribution in [0.15, 0.2) is 0 Å². The van der Waals surface area contributed by atoms with Crippen molar-refractivity contribution in [3.8, 4) is 0 Å². The zero-order chi connectivity index (χ0) is 12.1. The normalized spacial score (nSPS) is 11.7. The fourth-order valence-corrected chi connectivity index (χ4v) is 6.81. The minimum atomic E-state index is -2.32. The minimum absolute atomic E-state index is 0. The van der Waals surface area contributed by atoms with E-state index in [1.54, 1.807) is 0 Å². The number of halogens is 1. The molecule has 0 aromatic rings. The molecule has 2 N–H and O–H groups in total. The molecule has 0 saturated heterocycles. The van der Waals surface area contributed by atoms with Gasteiger partial charge < -0.3 is 26.0 Å². The molecule has 0 bridgehead atoms. The summed E-state index contributed by atoms with van der Waals surface area (Å²) in [7, 11) is 0. The van der Waals surface area contributed by atoms with Gasteiger partial charge in [0, 0.05) is 17.8 Å². The molecule has 0 aliphatic rings. The third kappa shape index (κ3) is 9.14. The molecule has 0 amide bonds. The predicted molar refractivity (Wildman–Crippen MR) is 71.5 cm³/mol. The maximum absolute atomic E-state index is 5.79. The van der Waals surface area contributed by atoms with Crippen LogP contribution in [0, 0.1) is 0 Å². The van der Waals surface area contributed by atoms with Crippen molar-refractivity contribution in [1.82, 2.24) is 0 Å². The van der Waals surface area contributed by atoms with Crippen molar-refractivity contribution in [2.45, 2.75) is 53.2 Å². The summed E-state index contributed by atoms with van der Waals surface area (Å²) < 4.78 is 11.4. The number of hydrogen-bond donors (Lipinski definition) is 1. The van der Waals surface area contributed by atoms with Gasteiger partial charge in [0.2, 0.25) is 5.04 Å². The summed E-state index contributed by atoms with van der Waals surface area (Å²) in [5.74, 6) is 0. The van der Waals surface area contributed by atoms with E-state index in [2.05, 4.69) is 0 Å². The second-order valence-corrected chi connectivity index (χ2v) is 9.82. The van der Waals surface area contributed by atoms with E-state index >= 15 is 0 Å². The summed E-state index contributed by atoms with van der Waals surface area (Å²) in [5.41, 5.74) is -2.32. The predicted octanol–water partition coefficient (Wildman–Crippen LogP) is -0.634. The fraction of sp³-hybridized carbons (Fsp3) is 0.889. The van der Waals surface area contributed by atoms with E-state index in [0.29, 0.717) is 0 Å². The van der Waals surface area contributed by atoms with Crippen LogP contribution in [-0.2, 0) is 20.9 Å². The highest BCUT2D eigenvalue weighted by molar-refractivity contribution is 8.73. The molecule has 0 saturated carbocycles. The summed E-state index contributed by atoms with van der Waals surface area (Å²) >= 11 is 6.81. The molecule has 3 nitrogen and oxygen atoms in total. The molecule has 98 valence electrons. The van der Waals surface area contributed by atoms with Gasteiger partial charge >= 0.3 is 0 Å². The Labute approximate surface area is 118 Å². The quantitative estimate of drug-likeness (QED) is 0.394. The van der Waals surface area contributed by atoms with Gasteiger partial charge in [-0.25, -0.2) is 0 Å². The van der Waals surface area contributed by atoms with Crippen LogP contribution in [0.2, 0.25) is 0 Å². The summed E-state index contributed by atoms with van der Waals surface area (Å²) in [6.07, 6.45) is 0.907. The summed E-state index contributed by atoms with van der Waals surface area (Å²) in [6.45, 7) is 9.80. The van der Waals surface area contributed by atoms with E-state index in [9.17, 15) is 0 Å². The lowest BCUT2D eigenvalue weighted by atomic mass is 10.5. The van der Waals surface area contributed by atoms with Crippen LogP contribution in [0.4, 0.5) is 0 Å². The molecule has 16 heavy (non-hydrogen) atoms. The van der Waals surface area contributed by atoms with E-state index in [0.717, 1.165) is 11.5 Å². The summed E-state index contributed by atoms with van der Waals surface area (Å²) in [6, 6.07) is 0. The Morgan fingerprint density at radius 2 is 1.62 bits per heavy atom. The topological polar surface area (TPSA) is 44.0 Å². The van der Waals surface area contributed by atoms with Crippen LogP contribution >= 0.6 is 17.1 Å². The van der Waals surface area contributed by atoms with E-state index in [-0.39, 0.29) is 29.2 Å². The van der Waals surface area contributed by atoms with Gasteiger partial charge in [-0.05, 0) is 39.5 Å². The maximum Gasteiger partial charge on any atom is 0.257 e. The average molecular weight is 350 g/mol. The van der Waals surface area contributed by atoms with Crippen LogP contribution in [0.1, 0.15) is 41.0 Å². The number of rotatable bonds is 6. The lowest BCUT2D eigenvalue weighted by Gasteiger charge is -2.24. The van der Waals surface area contributed by atoms with Crippen LogP contribution in [0.3, 0.4) is 0 Å². The van der Waals surface area contributed by atoms with Crippen LogP contribution in [0.5, 0.6) is 0 Å². The molecule has 0 rings (SSSR count). The van der Waals surface area contributed by atoms with Gasteiger partial charge in [0.1, 0.15) is 0 Å². The molecule has 0 aliphatic heterocycles. The molecule has 0 spiro atoms. The SMILES string of the molecule is CCC(=[NH2+])SP(=S)(OC(C)C)OC(C)C.[Br-]. The first-order valence-corrected chi connectivity index (χ1v) is 9.12. The number of hydrogen-bond acceptors (Lipinski definition) is 4. The highest BCUT2D eigenvalue weighted by Gasteiger charge is 2.27. The smallest absolute Gasteiger partial charge is 0.257 e. The van der Waals surface area contributed by atoms with Crippen molar-refractivity contribution in [1.29, 1.82) is 0 Å². The van der Waals surface area contributed by atoms with Crippen LogP contribution in [-0.4, -0.2) is 17.3 Å². The van der Waals surface area contributed by atoms with Gasteiger partial charge in [-0.1, -0.05) is 6.92 Å². The van der Waals surface area contributed by atoms with Crippen molar-refractivity contribution in [3.05, 3.63) is 0 Å². The van der Waals surface area contributed by atoms with Crippen LogP contribution in [0.25, 0.3) is 0 Å². The van der Waals surface area contributed by atoms with Gasteiger partial charge in [-0.2, -0.15) is 0 Å². The Morgan fingerprint density at radius 3 is 1.88 bits per heavy atom. The minimum Gasteiger partial charge on any atom is -1.00 e. The Morgan fingerprint density at radius 1 is 1.25 bits per heavy atom. The van der Waals surface area contributed by atoms with Gasteiger partial charge in [0.05, 0.1) is 12.2 Å². The zero-order valence-electron chi connectivity index (χ0n) is 10.4. The van der Waals surface area contributed by atoms with Gasteiger partial charge in [0.15, 0.2) is 0 Å². The Balaban J connectivity index is 0. The molecule has 0 fully saturated rings. The van der Waals surface area contributed by atoms with Gasteiger partial charge in [-0.3, -0.25) is 5.41 Å². The standard InChI is InChI=1S/C9H20NO2PS2.BrH/c1-6-9(10)15-13(14,11-7(2)3)12-8(4)5;/h7-8,10H,6H2,1-5H3;1H. The molecule has 0 atom stereocenters. The molecular weight excluding hydrogens is 329 g/mol. The Hall–Kier alpha value is 1.07. The molecular formula is C9H21BrNO2PS2. The maximum atomic E-state index is 5.79. The van der Waals surface area contributed by atoms with Crippen molar-refractivity contribution >= 4 is 33.9 Å². The van der Waals surface area contributed by atoms with E-state index in [1.165, 1.54) is 11.4 Å². The third-order valence-electron chi connectivity index (χ3n) is 1.26. The zero-order valence-corrected chi connectivity index (χ0v) is 14.5. The second kappa shape index (κ2) is 9.06. The average Bonchev–Trinajstić information content (AvgIpc) is 1.99. The molecule has 7 heteroatoms. The van der Waals surface area contributed by atoms with E-state index < -0.39 is 5.69 Å². The van der Waals surface area contributed by atoms with Gasteiger partial charge in [0.25, 0.3) is 5.69 Å². The summed E-state index contributed by atoms with van der Waals surface area (Å²) in [4.78, 5) is 0. The van der Waals surface area contributed by atoms with Gasteiger partial charge in [-0.15, -0.1) is 0 Å². The molecule has 0 heterocycles. The third-order valence-corrected chi connectivity index (χ3v) is 6.44. The van der Waals surface area contributed by atoms with E-state index in [4.69, 9.17) is 26.3 Å². The van der Waals surface area contributed by atoms with Crippen molar-refractivity contribution in [3.63, 3.8) is 0 Å². The number of nitrogens with two attached hydrogens (primary N) is 1. The second-order valence-electron chi connectivity index (χ2n) is 3.67. The fourth-order valence-electron chi connectivity index (χ4n) is 0.792. The highest BCUT2D eigenvalue weighted by Crippen LogP contribution is 2.62. The molecule has 0 aromatic heterocycles. The van der Waals surface area contributed by atoms with Crippen LogP contribution < -0.4 is 22.4 Å². The Bertz CT molecular complexity index is 248. The highest BCUT2D eigenvalue weighted by atomic mass is 79.9. The summed E-state index contributed by atoms with van der Waals surface area (Å²) in [5, 5.41) is 6.57. The lowest BCUT2D eigenvalue weighted by Crippen LogP contribution is -3.00. The monoisotopic (exact) mass is 349 g/mol.